The Kier molecular flexibility index (Phi) is 6.90. The monoisotopic (exact) mass is 328 g/mol. The maximum atomic E-state index is 5.07. The molecule has 1 aliphatic heterocycles. The molecule has 1 aliphatic rings. The molecule has 1 nitrogen and oxygen atoms in total. The number of hydrogen-bond acceptors (Lipinski definition) is 1. The van der Waals surface area contributed by atoms with Gasteiger partial charge in [0.2, 0.25) is 6.71 Å². The lowest BCUT2D eigenvalue weighted by atomic mass is 9.37. The van der Waals surface area contributed by atoms with Gasteiger partial charge in [0.15, 0.2) is 0 Å². The predicted octanol–water partition coefficient (Wildman–Crippen LogP) is 3.39. The van der Waals surface area contributed by atoms with Crippen molar-refractivity contribution in [1.82, 2.24) is 0 Å². The van der Waals surface area contributed by atoms with Crippen LogP contribution in [-0.4, -0.2) is 19.9 Å². The van der Waals surface area contributed by atoms with E-state index in [2.05, 4.69) is 91.0 Å². The molecule has 3 aromatic rings. The first-order chi connectivity index (χ1) is 12.4. The number of hydrogen-bond donors (Lipinski definition) is 0. The van der Waals surface area contributed by atoms with Crippen LogP contribution >= 0.6 is 0 Å². The van der Waals surface area contributed by atoms with E-state index in [1.165, 1.54) is 35.7 Å². The summed E-state index contributed by atoms with van der Waals surface area (Å²) in [4.78, 5) is 0. The van der Waals surface area contributed by atoms with E-state index in [-0.39, 0.29) is 0 Å². The Bertz CT molecular complexity index is 603. The lowest BCUT2D eigenvalue weighted by molar-refractivity contribution is 0.0968. The van der Waals surface area contributed by atoms with Gasteiger partial charge in [0.25, 0.3) is 0 Å². The molecule has 0 spiro atoms. The normalized spacial score (nSPS) is 13.4. The molecule has 0 amide bonds. The van der Waals surface area contributed by atoms with E-state index in [1.807, 2.05) is 0 Å². The smallest absolute Gasteiger partial charge is 0.241 e. The predicted molar refractivity (Wildman–Crippen MR) is 109 cm³/mol. The topological polar surface area (TPSA) is 9.23 Å². The fraction of sp³-hybridized carbons (Fsp3) is 0.217. The molecule has 0 bridgehead atoms. The highest BCUT2D eigenvalue weighted by molar-refractivity contribution is 6.95. The summed E-state index contributed by atoms with van der Waals surface area (Å²) in [6, 6.07) is 32.0. The molecule has 0 radical (unpaired) electrons. The lowest BCUT2D eigenvalue weighted by Gasteiger charge is -2.15. The van der Waals surface area contributed by atoms with E-state index in [1.54, 1.807) is 0 Å². The van der Waals surface area contributed by atoms with Crippen LogP contribution in [0.2, 0.25) is 0 Å². The lowest BCUT2D eigenvalue weighted by Crippen LogP contribution is -2.51. The van der Waals surface area contributed by atoms with E-state index in [0.29, 0.717) is 6.71 Å². The fourth-order valence-electron chi connectivity index (χ4n) is 3.20. The Morgan fingerprint density at radius 2 is 0.840 bits per heavy atom. The zero-order valence-corrected chi connectivity index (χ0v) is 14.7. The van der Waals surface area contributed by atoms with Crippen molar-refractivity contribution in [3.05, 3.63) is 91.0 Å². The van der Waals surface area contributed by atoms with E-state index in [0.717, 1.165) is 13.2 Å². The van der Waals surface area contributed by atoms with Crippen LogP contribution in [0, 0.1) is 0 Å². The van der Waals surface area contributed by atoms with Crippen molar-refractivity contribution < 1.29 is 4.74 Å². The Morgan fingerprint density at radius 3 is 1.08 bits per heavy atom. The summed E-state index contributed by atoms with van der Waals surface area (Å²) in [6.45, 7) is 2.31. The van der Waals surface area contributed by atoms with E-state index in [4.69, 9.17) is 4.74 Å². The summed E-state index contributed by atoms with van der Waals surface area (Å²) >= 11 is 0. The number of ether oxygens (including phenoxy) is 1. The van der Waals surface area contributed by atoms with Gasteiger partial charge < -0.3 is 4.74 Å². The average molecular weight is 328 g/mol. The first-order valence-electron chi connectivity index (χ1n) is 9.18. The Morgan fingerprint density at radius 1 is 0.480 bits per heavy atom. The van der Waals surface area contributed by atoms with Crippen LogP contribution in [0.4, 0.5) is 0 Å². The van der Waals surface area contributed by atoms with Crippen LogP contribution < -0.4 is 16.4 Å². The van der Waals surface area contributed by atoms with Gasteiger partial charge in [-0.3, -0.25) is 0 Å². The molecule has 1 saturated heterocycles. The zero-order valence-electron chi connectivity index (χ0n) is 14.7. The van der Waals surface area contributed by atoms with Crippen molar-refractivity contribution in [1.29, 1.82) is 0 Å². The molecule has 25 heavy (non-hydrogen) atoms. The molecule has 4 rings (SSSR count). The highest BCUT2D eigenvalue weighted by Gasteiger charge is 2.20. The third-order valence-corrected chi connectivity index (χ3v) is 4.48. The second-order valence-electron chi connectivity index (χ2n) is 6.34. The second-order valence-corrected chi connectivity index (χ2v) is 6.34. The SMILES string of the molecule is C1CCOCC1.c1ccc(B(c2ccccc2)c2ccccc2)cc1. The summed E-state index contributed by atoms with van der Waals surface area (Å²) in [7, 11) is 0. The van der Waals surface area contributed by atoms with Gasteiger partial charge >= 0.3 is 0 Å². The first kappa shape index (κ1) is 17.5. The van der Waals surface area contributed by atoms with Crippen LogP contribution in [0.1, 0.15) is 19.3 Å². The van der Waals surface area contributed by atoms with Crippen molar-refractivity contribution in [2.24, 2.45) is 0 Å². The van der Waals surface area contributed by atoms with Gasteiger partial charge in [-0.15, -0.1) is 0 Å². The molecule has 2 heteroatoms. The Labute approximate surface area is 151 Å². The number of rotatable bonds is 3. The third-order valence-electron chi connectivity index (χ3n) is 4.48. The van der Waals surface area contributed by atoms with Gasteiger partial charge in [-0.2, -0.15) is 0 Å². The standard InChI is InChI=1S/C18H15B.C5H10O/c1-4-10-16(11-5-1)19(17-12-6-2-7-13-17)18-14-8-3-9-15-18;1-2-4-6-5-3-1/h1-15H;1-5H2. The molecule has 3 aromatic carbocycles. The van der Waals surface area contributed by atoms with Gasteiger partial charge in [0.1, 0.15) is 0 Å². The zero-order chi connectivity index (χ0) is 17.2. The fourth-order valence-corrected chi connectivity index (χ4v) is 3.20. The van der Waals surface area contributed by atoms with Crippen LogP contribution in [0.15, 0.2) is 91.0 Å². The van der Waals surface area contributed by atoms with E-state index in [9.17, 15) is 0 Å². The molecule has 0 N–H and O–H groups in total. The van der Waals surface area contributed by atoms with Gasteiger partial charge in [-0.05, 0) is 19.3 Å². The highest BCUT2D eigenvalue weighted by Crippen LogP contribution is 2.02. The van der Waals surface area contributed by atoms with Crippen molar-refractivity contribution in [3.63, 3.8) is 0 Å². The van der Waals surface area contributed by atoms with E-state index >= 15 is 0 Å². The molecule has 1 heterocycles. The van der Waals surface area contributed by atoms with Crippen molar-refractivity contribution in [3.8, 4) is 0 Å². The van der Waals surface area contributed by atoms with Crippen molar-refractivity contribution in [2.75, 3.05) is 13.2 Å². The summed E-state index contributed by atoms with van der Waals surface area (Å²) in [5, 5.41) is 0. The minimum Gasteiger partial charge on any atom is -0.381 e. The number of benzene rings is 3. The first-order valence-corrected chi connectivity index (χ1v) is 9.18. The van der Waals surface area contributed by atoms with Gasteiger partial charge in [0.05, 0.1) is 0 Å². The highest BCUT2D eigenvalue weighted by atomic mass is 16.5. The summed E-state index contributed by atoms with van der Waals surface area (Å²) in [6.07, 6.45) is 3.93. The molecule has 0 unspecified atom stereocenters. The molecule has 0 aliphatic carbocycles. The van der Waals surface area contributed by atoms with Crippen molar-refractivity contribution in [2.45, 2.75) is 19.3 Å². The molecular formula is C23H25BO. The molecule has 0 saturated carbocycles. The van der Waals surface area contributed by atoms with Crippen LogP contribution in [-0.2, 0) is 4.74 Å². The van der Waals surface area contributed by atoms with Crippen LogP contribution in [0.25, 0.3) is 0 Å². The van der Waals surface area contributed by atoms with Crippen LogP contribution in [0.3, 0.4) is 0 Å². The molecular weight excluding hydrogens is 303 g/mol. The Balaban J connectivity index is 0.000000258. The maximum absolute atomic E-state index is 5.07. The molecule has 126 valence electrons. The largest absolute Gasteiger partial charge is 0.381 e. The van der Waals surface area contributed by atoms with Gasteiger partial charge in [0, 0.05) is 13.2 Å². The molecule has 0 aromatic heterocycles. The van der Waals surface area contributed by atoms with Crippen molar-refractivity contribution >= 4 is 23.1 Å². The van der Waals surface area contributed by atoms with E-state index < -0.39 is 0 Å². The minimum absolute atomic E-state index is 0.309. The van der Waals surface area contributed by atoms with Crippen LogP contribution in [0.5, 0.6) is 0 Å². The third kappa shape index (κ3) is 5.34. The average Bonchev–Trinajstić information content (AvgIpc) is 2.72. The Hall–Kier alpha value is -2.32. The summed E-state index contributed by atoms with van der Waals surface area (Å²) < 4.78 is 5.07. The molecule has 1 fully saturated rings. The van der Waals surface area contributed by atoms with Gasteiger partial charge in [-0.1, -0.05) is 107 Å². The summed E-state index contributed by atoms with van der Waals surface area (Å²) in [5.41, 5.74) is 4.00. The molecule has 0 atom stereocenters. The summed E-state index contributed by atoms with van der Waals surface area (Å²) in [5.74, 6) is 0. The van der Waals surface area contributed by atoms with Gasteiger partial charge in [-0.25, -0.2) is 0 Å². The maximum Gasteiger partial charge on any atom is 0.241 e. The quantitative estimate of drug-likeness (QED) is 0.670. The second kappa shape index (κ2) is 9.85. The minimum atomic E-state index is 0.309.